The lowest BCUT2D eigenvalue weighted by molar-refractivity contribution is 0.0383. The van der Waals surface area contributed by atoms with Gasteiger partial charge in [-0.15, -0.1) is 0 Å². The Kier molecular flexibility index (Phi) is 3.63. The number of hydrogen-bond acceptors (Lipinski definition) is 4. The van der Waals surface area contributed by atoms with Gasteiger partial charge in [0.15, 0.2) is 0 Å². The van der Waals surface area contributed by atoms with Crippen LogP contribution in [0.25, 0.3) is 0 Å². The molecule has 5 nitrogen and oxygen atoms in total. The molecule has 3 rings (SSSR count). The van der Waals surface area contributed by atoms with Crippen LogP contribution in [-0.4, -0.2) is 47.3 Å². The molecule has 2 aliphatic heterocycles. The normalized spacial score (nSPS) is 25.1. The Balaban J connectivity index is 1.59. The van der Waals surface area contributed by atoms with Gasteiger partial charge in [0.1, 0.15) is 5.82 Å². The van der Waals surface area contributed by atoms with Crippen molar-refractivity contribution in [3.8, 4) is 0 Å². The molecule has 1 saturated heterocycles. The first-order valence-electron chi connectivity index (χ1n) is 6.95. The molecule has 0 bridgehead atoms. The fraction of sp³-hybridized carbons (Fsp3) is 0.769. The maximum atomic E-state index is 6.09. The maximum absolute atomic E-state index is 6.09. The fourth-order valence-electron chi connectivity index (χ4n) is 2.79. The largest absolute Gasteiger partial charge is 0.379 e. The first-order chi connectivity index (χ1) is 8.83. The van der Waals surface area contributed by atoms with Crippen molar-refractivity contribution < 1.29 is 4.74 Å². The third-order valence-corrected chi connectivity index (χ3v) is 3.90. The minimum absolute atomic E-state index is 0.137. The number of aryl methyl sites for hydroxylation is 1. The molecule has 1 atom stereocenters. The first-order valence-corrected chi connectivity index (χ1v) is 6.95. The van der Waals surface area contributed by atoms with E-state index in [1.807, 2.05) is 0 Å². The summed E-state index contributed by atoms with van der Waals surface area (Å²) in [7, 11) is 0. The van der Waals surface area contributed by atoms with E-state index in [9.17, 15) is 0 Å². The van der Waals surface area contributed by atoms with Gasteiger partial charge in [0, 0.05) is 38.7 Å². The minimum atomic E-state index is 0.137. The minimum Gasteiger partial charge on any atom is -0.379 e. The van der Waals surface area contributed by atoms with Gasteiger partial charge in [0.2, 0.25) is 0 Å². The van der Waals surface area contributed by atoms with Crippen LogP contribution in [-0.2, 0) is 17.6 Å². The highest BCUT2D eigenvalue weighted by atomic mass is 16.5. The van der Waals surface area contributed by atoms with Crippen molar-refractivity contribution in [2.24, 2.45) is 5.73 Å². The Bertz CT molecular complexity index is 398. The lowest BCUT2D eigenvalue weighted by atomic mass is 10.1. The lowest BCUT2D eigenvalue weighted by Gasteiger charge is -2.26. The Morgan fingerprint density at radius 1 is 1.39 bits per heavy atom. The van der Waals surface area contributed by atoms with E-state index in [2.05, 4.69) is 15.7 Å². The molecular formula is C13H22N4O. The SMILES string of the molecule is NC1CCCc2nc(CCN3CCOCC3)cn21. The molecule has 0 saturated carbocycles. The van der Waals surface area contributed by atoms with Crippen LogP contribution in [0.3, 0.4) is 0 Å². The second-order valence-corrected chi connectivity index (χ2v) is 5.22. The molecule has 5 heteroatoms. The van der Waals surface area contributed by atoms with Gasteiger partial charge in [-0.05, 0) is 12.8 Å². The van der Waals surface area contributed by atoms with E-state index in [0.29, 0.717) is 0 Å². The van der Waals surface area contributed by atoms with Gasteiger partial charge >= 0.3 is 0 Å². The highest BCUT2D eigenvalue weighted by Crippen LogP contribution is 2.21. The van der Waals surface area contributed by atoms with Gasteiger partial charge in [0.25, 0.3) is 0 Å². The summed E-state index contributed by atoms with van der Waals surface area (Å²) in [6, 6.07) is 0. The number of rotatable bonds is 3. The van der Waals surface area contributed by atoms with Crippen LogP contribution in [0.2, 0.25) is 0 Å². The van der Waals surface area contributed by atoms with Crippen molar-refractivity contribution >= 4 is 0 Å². The van der Waals surface area contributed by atoms with Crippen molar-refractivity contribution in [2.75, 3.05) is 32.8 Å². The van der Waals surface area contributed by atoms with Crippen LogP contribution in [0.15, 0.2) is 6.20 Å². The quantitative estimate of drug-likeness (QED) is 0.851. The summed E-state index contributed by atoms with van der Waals surface area (Å²) in [4.78, 5) is 7.16. The zero-order valence-corrected chi connectivity index (χ0v) is 10.8. The van der Waals surface area contributed by atoms with Crippen molar-refractivity contribution in [1.29, 1.82) is 0 Å². The molecule has 18 heavy (non-hydrogen) atoms. The average molecular weight is 250 g/mol. The van der Waals surface area contributed by atoms with Gasteiger partial charge in [-0.2, -0.15) is 0 Å². The molecule has 2 aliphatic rings. The zero-order valence-electron chi connectivity index (χ0n) is 10.8. The predicted octanol–water partition coefficient (Wildman–Crippen LogP) is 0.551. The van der Waals surface area contributed by atoms with E-state index >= 15 is 0 Å². The second kappa shape index (κ2) is 5.38. The molecule has 2 N–H and O–H groups in total. The summed E-state index contributed by atoms with van der Waals surface area (Å²) in [5.41, 5.74) is 7.28. The molecular weight excluding hydrogens is 228 g/mol. The molecule has 1 aromatic rings. The Hall–Kier alpha value is -0.910. The van der Waals surface area contributed by atoms with E-state index in [1.54, 1.807) is 0 Å². The van der Waals surface area contributed by atoms with Crippen molar-refractivity contribution in [3.63, 3.8) is 0 Å². The lowest BCUT2D eigenvalue weighted by Crippen LogP contribution is -2.37. The topological polar surface area (TPSA) is 56.3 Å². The van der Waals surface area contributed by atoms with Crippen LogP contribution in [0, 0.1) is 0 Å². The number of morpholine rings is 1. The predicted molar refractivity (Wildman–Crippen MR) is 69.4 cm³/mol. The van der Waals surface area contributed by atoms with Crippen molar-refractivity contribution in [3.05, 3.63) is 17.7 Å². The van der Waals surface area contributed by atoms with Gasteiger partial charge in [-0.1, -0.05) is 0 Å². The van der Waals surface area contributed by atoms with Crippen LogP contribution >= 0.6 is 0 Å². The smallest absolute Gasteiger partial charge is 0.110 e. The summed E-state index contributed by atoms with van der Waals surface area (Å²) in [6.07, 6.45) is 6.63. The van der Waals surface area contributed by atoms with Crippen molar-refractivity contribution in [2.45, 2.75) is 31.8 Å². The van der Waals surface area contributed by atoms with E-state index < -0.39 is 0 Å². The first kappa shape index (κ1) is 12.1. The summed E-state index contributed by atoms with van der Waals surface area (Å²) in [5, 5.41) is 0. The van der Waals surface area contributed by atoms with E-state index in [1.165, 1.54) is 17.9 Å². The molecule has 100 valence electrons. The number of fused-ring (bicyclic) bond motifs is 1. The van der Waals surface area contributed by atoms with Crippen molar-refractivity contribution in [1.82, 2.24) is 14.5 Å². The summed E-state index contributed by atoms with van der Waals surface area (Å²) in [5.74, 6) is 1.17. The summed E-state index contributed by atoms with van der Waals surface area (Å²) >= 11 is 0. The Morgan fingerprint density at radius 3 is 3.00 bits per heavy atom. The molecule has 1 unspecified atom stereocenters. The molecule has 0 spiro atoms. The highest BCUT2D eigenvalue weighted by molar-refractivity contribution is 5.08. The molecule has 1 fully saturated rings. The van der Waals surface area contributed by atoms with Gasteiger partial charge in [-0.3, -0.25) is 4.90 Å². The summed E-state index contributed by atoms with van der Waals surface area (Å²) < 4.78 is 7.52. The molecule has 1 aromatic heterocycles. The van der Waals surface area contributed by atoms with Crippen LogP contribution in [0.4, 0.5) is 0 Å². The zero-order chi connectivity index (χ0) is 12.4. The molecule has 0 radical (unpaired) electrons. The van der Waals surface area contributed by atoms with Gasteiger partial charge < -0.3 is 15.0 Å². The standard InChI is InChI=1S/C13H22N4O/c14-12-2-1-3-13-15-11(10-17(12)13)4-5-16-6-8-18-9-7-16/h10,12H,1-9,14H2. The fourth-order valence-corrected chi connectivity index (χ4v) is 2.79. The number of aromatic nitrogens is 2. The summed E-state index contributed by atoms with van der Waals surface area (Å²) in [6.45, 7) is 4.91. The van der Waals surface area contributed by atoms with Gasteiger partial charge in [0.05, 0.1) is 25.1 Å². The number of hydrogen-bond donors (Lipinski definition) is 1. The number of nitrogens with two attached hydrogens (primary N) is 1. The Morgan fingerprint density at radius 2 is 2.22 bits per heavy atom. The number of ether oxygens (including phenoxy) is 1. The van der Waals surface area contributed by atoms with Crippen LogP contribution in [0.5, 0.6) is 0 Å². The third-order valence-electron chi connectivity index (χ3n) is 3.90. The molecule has 0 aromatic carbocycles. The average Bonchev–Trinajstić information content (AvgIpc) is 2.82. The number of nitrogens with zero attached hydrogens (tertiary/aromatic N) is 3. The van der Waals surface area contributed by atoms with E-state index in [-0.39, 0.29) is 6.17 Å². The number of imidazole rings is 1. The highest BCUT2D eigenvalue weighted by Gasteiger charge is 2.18. The van der Waals surface area contributed by atoms with Gasteiger partial charge in [-0.25, -0.2) is 4.98 Å². The Labute approximate surface area is 108 Å². The second-order valence-electron chi connectivity index (χ2n) is 5.22. The maximum Gasteiger partial charge on any atom is 0.110 e. The molecule has 3 heterocycles. The van der Waals surface area contributed by atoms with Crippen LogP contribution in [0.1, 0.15) is 30.5 Å². The molecule has 0 aliphatic carbocycles. The monoisotopic (exact) mass is 250 g/mol. The third kappa shape index (κ3) is 2.58. The van der Waals surface area contributed by atoms with Crippen LogP contribution < -0.4 is 5.73 Å². The van der Waals surface area contributed by atoms with E-state index in [4.69, 9.17) is 15.5 Å². The van der Waals surface area contributed by atoms with E-state index in [0.717, 1.165) is 52.1 Å². The molecule has 0 amide bonds.